The minimum Gasteiger partial charge on any atom is -1.00 e. The van der Waals surface area contributed by atoms with Gasteiger partial charge < -0.3 is 57.6 Å². The van der Waals surface area contributed by atoms with E-state index in [9.17, 15) is 0 Å². The molecule has 4 aromatic carbocycles. The maximum atomic E-state index is 6.41. The topological polar surface area (TPSA) is 82.7 Å². The summed E-state index contributed by atoms with van der Waals surface area (Å²) < 4.78 is 7.36. The number of hydrogen-bond acceptors (Lipinski definition) is 7. The van der Waals surface area contributed by atoms with Crippen LogP contribution in [0.15, 0.2) is 140 Å². The number of ether oxygens (including phenoxy) is 1. The summed E-state index contributed by atoms with van der Waals surface area (Å²) in [6.07, 6.45) is 0.554. The van der Waals surface area contributed by atoms with Crippen molar-refractivity contribution in [1.29, 1.82) is 0 Å². The zero-order valence-corrected chi connectivity index (χ0v) is 31.8. The third-order valence-electron chi connectivity index (χ3n) is 6.60. The van der Waals surface area contributed by atoms with Gasteiger partial charge in [-0.2, -0.15) is 15.3 Å². The van der Waals surface area contributed by atoms with E-state index in [2.05, 4.69) is 120 Å². The van der Waals surface area contributed by atoms with E-state index in [4.69, 9.17) is 30.0 Å². The molecule has 0 saturated heterocycles. The molecule has 0 aromatic heterocycles. The summed E-state index contributed by atoms with van der Waals surface area (Å²) in [6, 6.07) is 39.6. The third kappa shape index (κ3) is 11.0. The molecule has 0 aliphatic rings. The Morgan fingerprint density at radius 3 is 1.67 bits per heavy atom. The van der Waals surface area contributed by atoms with Gasteiger partial charge in [-0.05, 0) is 65.8 Å². The second-order valence-electron chi connectivity index (χ2n) is 9.48. The average Bonchev–Trinajstić information content (AvgIpc) is 3.07. The molecule has 4 rings (SSSR count). The Bertz CT molecular complexity index is 1520. The van der Waals surface area contributed by atoms with Gasteiger partial charge in [0.1, 0.15) is 28.9 Å². The van der Waals surface area contributed by atoms with E-state index < -0.39 is 7.26 Å². The monoisotopic (exact) mass is 845 g/mol. The summed E-state index contributed by atoms with van der Waals surface area (Å²) in [5, 5.41) is 27.1. The minimum atomic E-state index is -2.07. The summed E-state index contributed by atoms with van der Waals surface area (Å²) >= 11 is 14.0. The predicted octanol–water partition coefficient (Wildman–Crippen LogP) is 2.11. The van der Waals surface area contributed by atoms with E-state index in [-0.39, 0.29) is 44.4 Å². The fraction of sp³-hybridized carbons (Fsp3) is 0.152. The van der Waals surface area contributed by atoms with Crippen LogP contribution in [0.1, 0.15) is 12.5 Å². The Hall–Kier alpha value is -2.53. The van der Waals surface area contributed by atoms with Crippen LogP contribution in [0.3, 0.4) is 0 Å². The summed E-state index contributed by atoms with van der Waals surface area (Å²) in [4.78, 5) is 0. The summed E-state index contributed by atoms with van der Waals surface area (Å²) in [5.74, 6) is 0. The van der Waals surface area contributed by atoms with E-state index in [1.54, 1.807) is 14.0 Å². The van der Waals surface area contributed by atoms with Gasteiger partial charge in [0.05, 0.1) is 12.3 Å². The van der Waals surface area contributed by atoms with Crippen LogP contribution in [0.5, 0.6) is 0 Å². The molecule has 0 heterocycles. The minimum absolute atomic E-state index is 0. The van der Waals surface area contributed by atoms with Gasteiger partial charge in [0.2, 0.25) is 0 Å². The fourth-order valence-corrected chi connectivity index (χ4v) is 8.68. The molecule has 0 aliphatic heterocycles. The molecule has 46 heavy (non-hydrogen) atoms. The van der Waals surface area contributed by atoms with Crippen LogP contribution in [0.25, 0.3) is 0 Å². The number of nitrogens with one attached hydrogen (secondary N) is 2. The van der Waals surface area contributed by atoms with Crippen molar-refractivity contribution in [3.63, 3.8) is 0 Å². The summed E-state index contributed by atoms with van der Waals surface area (Å²) in [6.45, 7) is 2.72. The van der Waals surface area contributed by atoms with Crippen LogP contribution in [0, 0.1) is 0 Å². The van der Waals surface area contributed by atoms with Crippen molar-refractivity contribution in [2.24, 2.45) is 20.4 Å². The zero-order valence-electron chi connectivity index (χ0n) is 25.1. The zero-order chi connectivity index (χ0) is 31.2. The predicted molar refractivity (Wildman–Crippen MR) is 196 cm³/mol. The molecule has 2 N–H and O–H groups in total. The first-order valence-electron chi connectivity index (χ1n) is 13.9. The molecule has 0 spiro atoms. The summed E-state index contributed by atoms with van der Waals surface area (Å²) in [5.41, 5.74) is 1.90. The van der Waals surface area contributed by atoms with Crippen LogP contribution >= 0.6 is 23.2 Å². The quantitative estimate of drug-likeness (QED) is 0.0435. The van der Waals surface area contributed by atoms with Crippen molar-refractivity contribution in [3.8, 4) is 0 Å². The first-order chi connectivity index (χ1) is 21.4. The van der Waals surface area contributed by atoms with Crippen molar-refractivity contribution >= 4 is 86.1 Å². The maximum absolute atomic E-state index is 6.41. The number of nitrogens with zero attached hydrogens (tertiary/aromatic N) is 4. The molecule has 0 fully saturated rings. The largest absolute Gasteiger partial charge is 2.00 e. The number of hydrogen-bond donors (Lipinski definition) is 2. The Labute approximate surface area is 312 Å². The van der Waals surface area contributed by atoms with Gasteiger partial charge >= 0.3 is 17.1 Å². The molecule has 243 valence electrons. The second-order valence-corrected chi connectivity index (χ2v) is 14.6. The molecular formula is C33H33Br2CuN6OPS2. The maximum Gasteiger partial charge on any atom is 2.00 e. The van der Waals surface area contributed by atoms with Crippen molar-refractivity contribution in [1.82, 2.24) is 10.6 Å². The first-order valence-corrected chi connectivity index (χ1v) is 17.4. The number of halogens is 2. The molecule has 4 aromatic rings. The van der Waals surface area contributed by atoms with Crippen LogP contribution < -0.4 is 43.5 Å². The van der Waals surface area contributed by atoms with Gasteiger partial charge in [-0.25, -0.2) is 0 Å². The van der Waals surface area contributed by atoms with E-state index in [0.29, 0.717) is 30.9 Å². The molecule has 1 radical (unpaired) electrons. The summed E-state index contributed by atoms with van der Waals surface area (Å²) in [7, 11) is -0.378. The van der Waals surface area contributed by atoms with Crippen molar-refractivity contribution in [2.75, 3.05) is 26.5 Å². The van der Waals surface area contributed by atoms with E-state index in [1.165, 1.54) is 15.9 Å². The Morgan fingerprint density at radius 1 is 0.717 bits per heavy atom. The van der Waals surface area contributed by atoms with Crippen LogP contribution in [-0.4, -0.2) is 48.3 Å². The molecular weight excluding hydrogens is 815 g/mol. The van der Waals surface area contributed by atoms with Crippen molar-refractivity contribution < 1.29 is 38.8 Å². The van der Waals surface area contributed by atoms with E-state index >= 15 is 0 Å². The molecule has 13 heteroatoms. The number of benzene rings is 4. The number of rotatable bonds is 12. The molecule has 0 unspecified atom stereocenters. The number of amidine groups is 2. The molecule has 0 saturated carbocycles. The van der Waals surface area contributed by atoms with Gasteiger partial charge in [-0.1, -0.05) is 82.7 Å². The molecule has 0 amide bonds. The van der Waals surface area contributed by atoms with E-state index in [1.807, 2.05) is 42.5 Å². The fourth-order valence-electron chi connectivity index (χ4n) is 4.45. The standard InChI is InChI=1S/C33H34BrN6OPS2.BrH.Cu/c1-25(31(38-39-32(43)35-2)26-18-20-27(34)21-19-26)37-40-33(44)36-22-23-41-24-42(28-12-6-3-7-13-28,29-14-8-4-9-15-29)30-16-10-5-11-17-30;;/h3-21H,22-24H2,1-2H3,(H3-,35,36,37,38,39,40,43,44);1H;/q;;+2/p-2. The van der Waals surface area contributed by atoms with Crippen LogP contribution in [0.4, 0.5) is 0 Å². The molecule has 0 aliphatic carbocycles. The van der Waals surface area contributed by atoms with Gasteiger partial charge in [0, 0.05) is 23.6 Å². The van der Waals surface area contributed by atoms with Gasteiger partial charge in [-0.3, -0.25) is 0 Å². The normalized spacial score (nSPS) is 12.5. The van der Waals surface area contributed by atoms with Crippen LogP contribution in [-0.2, 0) is 47.1 Å². The van der Waals surface area contributed by atoms with Gasteiger partial charge in [0.25, 0.3) is 0 Å². The Kier molecular flexibility index (Phi) is 17.8. The Morgan fingerprint density at radius 2 is 1.20 bits per heavy atom. The third-order valence-corrected chi connectivity index (χ3v) is 11.8. The molecule has 0 atom stereocenters. The van der Waals surface area contributed by atoms with E-state index in [0.717, 1.165) is 10.0 Å². The molecule has 7 nitrogen and oxygen atoms in total. The Balaban J connectivity index is 0.00000368. The second kappa shape index (κ2) is 20.7. The SMILES string of the molecule is CNC([S-])=NN=C(C(C)=NN=C([S-])NCCOC[P+](c1ccccc1)(c1ccccc1)c1ccccc1)c1ccc(Br)cc1.[Br-].[Cu+2]. The van der Waals surface area contributed by atoms with Crippen LogP contribution in [0.2, 0.25) is 0 Å². The van der Waals surface area contributed by atoms with Gasteiger partial charge in [0.15, 0.2) is 6.35 Å². The first kappa shape index (κ1) is 39.6. The van der Waals surface area contributed by atoms with Crippen molar-refractivity contribution in [3.05, 3.63) is 125 Å². The van der Waals surface area contributed by atoms with Gasteiger partial charge in [-0.15, -0.1) is 5.10 Å². The van der Waals surface area contributed by atoms with Crippen molar-refractivity contribution in [2.45, 2.75) is 6.92 Å². The average molecular weight is 848 g/mol. The smallest absolute Gasteiger partial charge is 1.00 e. The molecule has 0 bridgehead atoms.